The first-order valence-electron chi connectivity index (χ1n) is 7.98. The quantitative estimate of drug-likeness (QED) is 0.363. The first-order valence-corrected chi connectivity index (χ1v) is 7.98. The van der Waals surface area contributed by atoms with Gasteiger partial charge in [0.05, 0.1) is 11.8 Å². The molecule has 0 bridgehead atoms. The number of hydrogen-bond donors (Lipinski definition) is 4. The summed E-state index contributed by atoms with van der Waals surface area (Å²) in [4.78, 5) is 0. The first-order chi connectivity index (χ1) is 8.89. The van der Waals surface area contributed by atoms with Crippen LogP contribution in [0.15, 0.2) is 0 Å². The molecule has 0 rings (SSSR count). The fourth-order valence-electron chi connectivity index (χ4n) is 2.04. The van der Waals surface area contributed by atoms with Gasteiger partial charge in [0, 0.05) is 0 Å². The van der Waals surface area contributed by atoms with Gasteiger partial charge < -0.3 is 22.9 Å². The molecule has 0 aliphatic heterocycles. The Balaban J connectivity index is 0. The van der Waals surface area contributed by atoms with Gasteiger partial charge in [0.2, 0.25) is 0 Å². The Kier molecular flexibility index (Phi) is 15.9. The van der Waals surface area contributed by atoms with E-state index in [0.717, 1.165) is 32.1 Å². The van der Waals surface area contributed by atoms with Crippen molar-refractivity contribution in [1.29, 1.82) is 0 Å². The third kappa shape index (κ3) is 20.3. The van der Waals surface area contributed by atoms with E-state index in [-0.39, 0.29) is 6.17 Å². The van der Waals surface area contributed by atoms with Crippen LogP contribution in [0.25, 0.3) is 0 Å². The van der Waals surface area contributed by atoms with Crippen LogP contribution in [0.1, 0.15) is 85.0 Å². The molecule has 0 amide bonds. The van der Waals surface area contributed by atoms with Crippen LogP contribution in [0.3, 0.4) is 0 Å². The van der Waals surface area contributed by atoms with Gasteiger partial charge in [-0.1, -0.05) is 65.7 Å². The molecule has 19 heavy (non-hydrogen) atoms. The summed E-state index contributed by atoms with van der Waals surface area (Å²) >= 11 is 0. The molecular formula is C15H38N4. The third-order valence-electron chi connectivity index (χ3n) is 3.07. The van der Waals surface area contributed by atoms with Crippen LogP contribution in [0.2, 0.25) is 0 Å². The van der Waals surface area contributed by atoms with Gasteiger partial charge in [-0.3, -0.25) is 0 Å². The molecule has 118 valence electrons. The number of nitrogens with two attached hydrogens (primary N) is 4. The molecule has 0 saturated carbocycles. The lowest BCUT2D eigenvalue weighted by atomic mass is 10.0. The van der Waals surface area contributed by atoms with Crippen molar-refractivity contribution in [3.05, 3.63) is 0 Å². The Morgan fingerprint density at radius 2 is 1.21 bits per heavy atom. The molecule has 0 aliphatic rings. The molecule has 4 heteroatoms. The van der Waals surface area contributed by atoms with Gasteiger partial charge in [-0.2, -0.15) is 0 Å². The van der Waals surface area contributed by atoms with Gasteiger partial charge in [0.1, 0.15) is 0 Å². The van der Waals surface area contributed by atoms with Gasteiger partial charge in [-0.25, -0.2) is 0 Å². The average Bonchev–Trinajstić information content (AvgIpc) is 2.29. The van der Waals surface area contributed by atoms with Crippen molar-refractivity contribution in [3.63, 3.8) is 0 Å². The molecule has 4 nitrogen and oxygen atoms in total. The molecule has 0 spiro atoms. The molecule has 0 radical (unpaired) electrons. The van der Waals surface area contributed by atoms with E-state index in [4.69, 9.17) is 22.9 Å². The van der Waals surface area contributed by atoms with Crippen molar-refractivity contribution >= 4 is 0 Å². The summed E-state index contributed by atoms with van der Waals surface area (Å²) in [6.07, 6.45) is 11.4. The lowest BCUT2D eigenvalue weighted by Crippen LogP contribution is -2.48. The van der Waals surface area contributed by atoms with Crippen LogP contribution in [-0.2, 0) is 0 Å². The van der Waals surface area contributed by atoms with E-state index in [1.54, 1.807) is 0 Å². The molecule has 8 N–H and O–H groups in total. The largest absolute Gasteiger partial charge is 0.316 e. The molecule has 0 aromatic heterocycles. The van der Waals surface area contributed by atoms with Crippen molar-refractivity contribution < 1.29 is 0 Å². The molecule has 0 heterocycles. The summed E-state index contributed by atoms with van der Waals surface area (Å²) in [6.45, 7) is 6.42. The highest BCUT2D eigenvalue weighted by Crippen LogP contribution is 2.08. The lowest BCUT2D eigenvalue weighted by Gasteiger charge is -2.22. The Morgan fingerprint density at radius 3 is 1.58 bits per heavy atom. The molecule has 0 fully saturated rings. The molecule has 0 unspecified atom stereocenters. The van der Waals surface area contributed by atoms with Crippen LogP contribution < -0.4 is 22.9 Å². The fourth-order valence-corrected chi connectivity index (χ4v) is 2.04. The summed E-state index contributed by atoms with van der Waals surface area (Å²) in [5, 5.41) is 0. The number of hydrogen-bond acceptors (Lipinski definition) is 4. The Labute approximate surface area is 120 Å². The smallest absolute Gasteiger partial charge is 0.0636 e. The zero-order valence-corrected chi connectivity index (χ0v) is 13.5. The van der Waals surface area contributed by atoms with Crippen LogP contribution in [-0.4, -0.2) is 11.8 Å². The van der Waals surface area contributed by atoms with E-state index in [9.17, 15) is 0 Å². The monoisotopic (exact) mass is 274 g/mol. The normalized spacial score (nSPS) is 11.4. The predicted octanol–water partition coefficient (Wildman–Crippen LogP) is 2.79. The summed E-state index contributed by atoms with van der Waals surface area (Å²) in [5.41, 5.74) is 21.8. The van der Waals surface area contributed by atoms with Crippen LogP contribution >= 0.6 is 0 Å². The number of unbranched alkanes of at least 4 members (excludes halogenated alkanes) is 4. The maximum absolute atomic E-state index is 5.72. The van der Waals surface area contributed by atoms with Gasteiger partial charge in [-0.15, -0.1) is 0 Å². The summed E-state index contributed by atoms with van der Waals surface area (Å²) < 4.78 is 0. The zero-order chi connectivity index (χ0) is 15.1. The second-order valence-corrected chi connectivity index (χ2v) is 5.60. The second-order valence-electron chi connectivity index (χ2n) is 5.60. The van der Waals surface area contributed by atoms with E-state index in [2.05, 4.69) is 20.8 Å². The van der Waals surface area contributed by atoms with Gasteiger partial charge in [0.25, 0.3) is 0 Å². The maximum atomic E-state index is 5.72. The standard InChI is InChI=1S/C8H20N2.C7H18N2/c1-2-3-4-5-6-7-8(9)10;1-3-5-7(8,9)6-4-2/h8H,2-7,9-10H2,1H3;3-6,8-9H2,1-2H3. The highest BCUT2D eigenvalue weighted by molar-refractivity contribution is 4.74. The third-order valence-corrected chi connectivity index (χ3v) is 3.07. The Morgan fingerprint density at radius 1 is 0.737 bits per heavy atom. The topological polar surface area (TPSA) is 104 Å². The van der Waals surface area contributed by atoms with Crippen LogP contribution in [0.5, 0.6) is 0 Å². The molecule has 0 aromatic carbocycles. The van der Waals surface area contributed by atoms with Gasteiger partial charge in [0.15, 0.2) is 0 Å². The molecular weight excluding hydrogens is 236 g/mol. The predicted molar refractivity (Wildman–Crippen MR) is 86.5 cm³/mol. The minimum absolute atomic E-state index is 0.0957. The lowest BCUT2D eigenvalue weighted by molar-refractivity contribution is 0.371. The van der Waals surface area contributed by atoms with Crippen molar-refractivity contribution in [2.24, 2.45) is 22.9 Å². The summed E-state index contributed by atoms with van der Waals surface area (Å²) in [5.74, 6) is 0. The van der Waals surface area contributed by atoms with Crippen LogP contribution in [0.4, 0.5) is 0 Å². The van der Waals surface area contributed by atoms with Crippen LogP contribution in [0, 0.1) is 0 Å². The fraction of sp³-hybridized carbons (Fsp3) is 1.00. The minimum atomic E-state index is -0.399. The molecule has 0 saturated heterocycles. The average molecular weight is 274 g/mol. The van der Waals surface area contributed by atoms with E-state index < -0.39 is 5.66 Å². The minimum Gasteiger partial charge on any atom is -0.316 e. The van der Waals surface area contributed by atoms with E-state index in [0.29, 0.717) is 0 Å². The van der Waals surface area contributed by atoms with Crippen molar-refractivity contribution in [3.8, 4) is 0 Å². The van der Waals surface area contributed by atoms with E-state index in [1.807, 2.05) is 0 Å². The highest BCUT2D eigenvalue weighted by Gasteiger charge is 2.14. The molecule has 0 atom stereocenters. The molecule has 0 aliphatic carbocycles. The van der Waals surface area contributed by atoms with Crippen molar-refractivity contribution in [2.45, 2.75) is 96.8 Å². The Bertz CT molecular complexity index is 162. The first kappa shape index (κ1) is 21.1. The molecule has 0 aromatic rings. The zero-order valence-electron chi connectivity index (χ0n) is 13.5. The van der Waals surface area contributed by atoms with Gasteiger partial charge in [-0.05, 0) is 19.3 Å². The number of rotatable bonds is 10. The maximum Gasteiger partial charge on any atom is 0.0636 e. The SMILES string of the molecule is CCCC(N)(N)CCC.CCCCCCCC(N)N. The summed E-state index contributed by atoms with van der Waals surface area (Å²) in [7, 11) is 0. The second kappa shape index (κ2) is 14.3. The highest BCUT2D eigenvalue weighted by atomic mass is 14.9. The Hall–Kier alpha value is -0.160. The van der Waals surface area contributed by atoms with E-state index in [1.165, 1.54) is 32.1 Å². The summed E-state index contributed by atoms with van der Waals surface area (Å²) in [6, 6.07) is 0. The van der Waals surface area contributed by atoms with Gasteiger partial charge >= 0.3 is 0 Å². The van der Waals surface area contributed by atoms with Crippen molar-refractivity contribution in [1.82, 2.24) is 0 Å². The van der Waals surface area contributed by atoms with Crippen molar-refractivity contribution in [2.75, 3.05) is 0 Å². The van der Waals surface area contributed by atoms with E-state index >= 15 is 0 Å².